The first-order valence-corrected chi connectivity index (χ1v) is 6.48. The van der Waals surface area contributed by atoms with Crippen molar-refractivity contribution in [2.45, 2.75) is 56.7 Å². The Hall–Kier alpha value is -0.870. The van der Waals surface area contributed by atoms with Gasteiger partial charge in [-0.1, -0.05) is 19.3 Å². The molecule has 1 saturated carbocycles. The van der Waals surface area contributed by atoms with E-state index in [2.05, 4.69) is 4.98 Å². The van der Waals surface area contributed by atoms with Crippen LogP contribution in [0.25, 0.3) is 0 Å². The van der Waals surface area contributed by atoms with Gasteiger partial charge in [-0.25, -0.2) is 4.98 Å². The predicted molar refractivity (Wildman–Crippen MR) is 65.6 cm³/mol. The zero-order chi connectivity index (χ0) is 12.3. The fourth-order valence-corrected chi connectivity index (χ4v) is 2.67. The highest BCUT2D eigenvalue weighted by Gasteiger charge is 2.36. The summed E-state index contributed by atoms with van der Waals surface area (Å²) in [5.74, 6) is 0.962. The zero-order valence-corrected chi connectivity index (χ0v) is 10.5. The minimum atomic E-state index is -0.858. The molecule has 0 bridgehead atoms. The quantitative estimate of drug-likeness (QED) is 0.834. The Labute approximate surface area is 102 Å². The van der Waals surface area contributed by atoms with E-state index in [1.54, 1.807) is 6.20 Å². The van der Waals surface area contributed by atoms with Gasteiger partial charge in [0, 0.05) is 25.9 Å². The van der Waals surface area contributed by atoms with E-state index in [1.807, 2.05) is 17.8 Å². The maximum atomic E-state index is 10.4. The first-order valence-electron chi connectivity index (χ1n) is 6.48. The van der Waals surface area contributed by atoms with E-state index in [-0.39, 0.29) is 0 Å². The molecule has 1 fully saturated rings. The molecule has 0 amide bonds. The van der Waals surface area contributed by atoms with Crippen LogP contribution in [0.15, 0.2) is 12.4 Å². The van der Waals surface area contributed by atoms with Gasteiger partial charge in [0.2, 0.25) is 0 Å². The summed E-state index contributed by atoms with van der Waals surface area (Å²) >= 11 is 0. The fourth-order valence-electron chi connectivity index (χ4n) is 2.67. The minimum Gasteiger partial charge on any atom is -0.390 e. The first-order chi connectivity index (χ1) is 8.12. The molecule has 2 rings (SSSR count). The van der Waals surface area contributed by atoms with Crippen LogP contribution in [-0.2, 0) is 13.5 Å². The zero-order valence-electron chi connectivity index (χ0n) is 10.5. The van der Waals surface area contributed by atoms with E-state index in [9.17, 15) is 10.2 Å². The summed E-state index contributed by atoms with van der Waals surface area (Å²) in [6.45, 7) is 0. The molecule has 1 aliphatic rings. The van der Waals surface area contributed by atoms with Crippen LogP contribution in [0.5, 0.6) is 0 Å². The molecule has 1 aromatic heterocycles. The molecule has 0 spiro atoms. The number of hydrogen-bond donors (Lipinski definition) is 2. The molecule has 0 aromatic carbocycles. The second kappa shape index (κ2) is 5.19. The van der Waals surface area contributed by atoms with E-state index >= 15 is 0 Å². The van der Waals surface area contributed by atoms with Gasteiger partial charge in [-0.15, -0.1) is 0 Å². The van der Waals surface area contributed by atoms with Crippen molar-refractivity contribution in [3.8, 4) is 0 Å². The summed E-state index contributed by atoms with van der Waals surface area (Å²) in [5, 5.41) is 20.5. The molecule has 1 aliphatic carbocycles. The van der Waals surface area contributed by atoms with Crippen LogP contribution < -0.4 is 0 Å². The summed E-state index contributed by atoms with van der Waals surface area (Å²) in [6.07, 6.45) is 9.02. The van der Waals surface area contributed by atoms with E-state index in [1.165, 1.54) is 6.42 Å². The first kappa shape index (κ1) is 12.6. The van der Waals surface area contributed by atoms with Crippen LogP contribution in [0.4, 0.5) is 0 Å². The van der Waals surface area contributed by atoms with Gasteiger partial charge in [0.1, 0.15) is 5.82 Å². The molecule has 0 aliphatic heterocycles. The predicted octanol–water partition coefficient (Wildman–Crippen LogP) is 1.41. The summed E-state index contributed by atoms with van der Waals surface area (Å²) in [5.41, 5.74) is -0.858. The largest absolute Gasteiger partial charge is 0.390 e. The number of aliphatic hydroxyl groups excluding tert-OH is 1. The summed E-state index contributed by atoms with van der Waals surface area (Å²) in [4.78, 5) is 4.23. The van der Waals surface area contributed by atoms with Crippen LogP contribution in [0.1, 0.15) is 44.3 Å². The van der Waals surface area contributed by atoms with Crippen molar-refractivity contribution in [2.75, 3.05) is 0 Å². The minimum absolute atomic E-state index is 0.585. The maximum absolute atomic E-state index is 10.4. The maximum Gasteiger partial charge on any atom is 0.108 e. The molecule has 96 valence electrons. The van der Waals surface area contributed by atoms with Crippen molar-refractivity contribution < 1.29 is 10.2 Å². The fraction of sp³-hybridized carbons (Fsp3) is 0.769. The van der Waals surface area contributed by atoms with Gasteiger partial charge >= 0.3 is 0 Å². The molecule has 0 radical (unpaired) electrons. The second-order valence-electron chi connectivity index (χ2n) is 5.17. The third-order valence-corrected chi connectivity index (χ3v) is 3.90. The molecule has 4 nitrogen and oxygen atoms in total. The standard InChI is InChI=1S/C13H22N2O2/c1-15-10-9-14-12(15)6-5-11(16)13(17)7-3-2-4-8-13/h9-11,16-17H,2-8H2,1H3. The smallest absolute Gasteiger partial charge is 0.108 e. The lowest BCUT2D eigenvalue weighted by atomic mass is 9.79. The Bertz CT molecular complexity index is 356. The van der Waals surface area contributed by atoms with Gasteiger partial charge in [-0.05, 0) is 19.3 Å². The molecule has 1 unspecified atom stereocenters. The van der Waals surface area contributed by atoms with Gasteiger partial charge < -0.3 is 14.8 Å². The van der Waals surface area contributed by atoms with Crippen molar-refractivity contribution in [3.05, 3.63) is 18.2 Å². The Morgan fingerprint density at radius 2 is 2.12 bits per heavy atom. The van der Waals surface area contributed by atoms with Crippen LogP contribution in [0, 0.1) is 0 Å². The van der Waals surface area contributed by atoms with Crippen LogP contribution in [0.2, 0.25) is 0 Å². The number of aromatic nitrogens is 2. The van der Waals surface area contributed by atoms with Crippen LogP contribution >= 0.6 is 0 Å². The topological polar surface area (TPSA) is 58.3 Å². The summed E-state index contributed by atoms with van der Waals surface area (Å²) in [7, 11) is 1.95. The molecule has 1 atom stereocenters. The number of rotatable bonds is 4. The number of aryl methyl sites for hydroxylation is 2. The molecule has 0 saturated heterocycles. The SMILES string of the molecule is Cn1ccnc1CCC(O)C1(O)CCCCC1. The number of hydrogen-bond acceptors (Lipinski definition) is 3. The normalized spacial score (nSPS) is 21.4. The highest BCUT2D eigenvalue weighted by molar-refractivity contribution is 4.95. The van der Waals surface area contributed by atoms with Gasteiger partial charge in [0.25, 0.3) is 0 Å². The monoisotopic (exact) mass is 238 g/mol. The van der Waals surface area contributed by atoms with Gasteiger partial charge in [0.05, 0.1) is 11.7 Å². The van der Waals surface area contributed by atoms with Crippen molar-refractivity contribution in [2.24, 2.45) is 7.05 Å². The summed E-state index contributed by atoms with van der Waals surface area (Å²) in [6, 6.07) is 0. The Morgan fingerprint density at radius 3 is 2.71 bits per heavy atom. The molecule has 1 heterocycles. The molecule has 1 aromatic rings. The number of nitrogens with zero attached hydrogens (tertiary/aromatic N) is 2. The third kappa shape index (κ3) is 2.87. The van der Waals surface area contributed by atoms with E-state index in [4.69, 9.17) is 0 Å². The van der Waals surface area contributed by atoms with Gasteiger partial charge in [-0.2, -0.15) is 0 Å². The Kier molecular flexibility index (Phi) is 3.84. The van der Waals surface area contributed by atoms with Crippen molar-refractivity contribution in [1.29, 1.82) is 0 Å². The van der Waals surface area contributed by atoms with Crippen LogP contribution in [-0.4, -0.2) is 31.5 Å². The molecular weight excluding hydrogens is 216 g/mol. The lowest BCUT2D eigenvalue weighted by Gasteiger charge is -2.36. The second-order valence-corrected chi connectivity index (χ2v) is 5.17. The highest BCUT2D eigenvalue weighted by Crippen LogP contribution is 2.32. The number of aliphatic hydroxyl groups is 2. The van der Waals surface area contributed by atoms with Crippen LogP contribution in [0.3, 0.4) is 0 Å². The Morgan fingerprint density at radius 1 is 1.41 bits per heavy atom. The molecule has 2 N–H and O–H groups in total. The molecule has 4 heteroatoms. The van der Waals surface area contributed by atoms with Gasteiger partial charge in [0.15, 0.2) is 0 Å². The van der Waals surface area contributed by atoms with E-state index < -0.39 is 11.7 Å². The summed E-state index contributed by atoms with van der Waals surface area (Å²) < 4.78 is 1.96. The van der Waals surface area contributed by atoms with Gasteiger partial charge in [-0.3, -0.25) is 0 Å². The number of imidazole rings is 1. The Balaban J connectivity index is 1.88. The third-order valence-electron chi connectivity index (χ3n) is 3.90. The lowest BCUT2D eigenvalue weighted by Crippen LogP contribution is -2.44. The van der Waals surface area contributed by atoms with Crippen molar-refractivity contribution in [3.63, 3.8) is 0 Å². The highest BCUT2D eigenvalue weighted by atomic mass is 16.3. The van der Waals surface area contributed by atoms with Crippen molar-refractivity contribution >= 4 is 0 Å². The van der Waals surface area contributed by atoms with E-state index in [0.717, 1.165) is 31.5 Å². The average molecular weight is 238 g/mol. The van der Waals surface area contributed by atoms with Crippen molar-refractivity contribution in [1.82, 2.24) is 9.55 Å². The molecular formula is C13H22N2O2. The lowest BCUT2D eigenvalue weighted by molar-refractivity contribution is -0.0994. The average Bonchev–Trinajstić information content (AvgIpc) is 2.73. The van der Waals surface area contributed by atoms with E-state index in [0.29, 0.717) is 12.8 Å². The molecule has 17 heavy (non-hydrogen) atoms.